The molecule has 1 aromatic carbocycles. The van der Waals surface area contributed by atoms with E-state index in [1.807, 2.05) is 0 Å². The summed E-state index contributed by atoms with van der Waals surface area (Å²) in [6.45, 7) is 4.79. The number of nitrogens with one attached hydrogen (secondary N) is 1. The molecule has 0 bridgehead atoms. The normalized spacial score (nSPS) is 24.6. The van der Waals surface area contributed by atoms with Gasteiger partial charge in [-0.25, -0.2) is 0 Å². The van der Waals surface area contributed by atoms with Crippen LogP contribution in [0, 0.1) is 19.8 Å². The maximum absolute atomic E-state index is 10.9. The first-order valence-corrected chi connectivity index (χ1v) is 6.11. The van der Waals surface area contributed by atoms with E-state index in [4.69, 9.17) is 5.11 Å². The van der Waals surface area contributed by atoms with Crippen LogP contribution in [0.4, 0.5) is 0 Å². The molecule has 1 aliphatic rings. The minimum absolute atomic E-state index is 0.224. The van der Waals surface area contributed by atoms with Crippen LogP contribution in [-0.4, -0.2) is 17.6 Å². The first-order chi connectivity index (χ1) is 8.08. The minimum atomic E-state index is -0.684. The zero-order chi connectivity index (χ0) is 12.4. The number of aryl methyl sites for hydroxylation is 2. The van der Waals surface area contributed by atoms with Gasteiger partial charge in [0, 0.05) is 12.6 Å². The van der Waals surface area contributed by atoms with Crippen LogP contribution in [0.1, 0.15) is 35.6 Å². The molecule has 1 saturated heterocycles. The number of hydrogen-bond acceptors (Lipinski definition) is 2. The molecule has 2 unspecified atom stereocenters. The van der Waals surface area contributed by atoms with E-state index in [1.165, 1.54) is 16.7 Å². The first-order valence-electron chi connectivity index (χ1n) is 6.11. The van der Waals surface area contributed by atoms with Gasteiger partial charge in [0.25, 0.3) is 0 Å². The second-order valence-electron chi connectivity index (χ2n) is 4.92. The molecule has 0 amide bonds. The van der Waals surface area contributed by atoms with Crippen LogP contribution in [0.25, 0.3) is 0 Å². The second kappa shape index (κ2) is 4.88. The molecule has 2 atom stereocenters. The third-order valence-electron chi connectivity index (χ3n) is 3.70. The Hall–Kier alpha value is -1.35. The van der Waals surface area contributed by atoms with E-state index in [1.54, 1.807) is 0 Å². The fourth-order valence-electron chi connectivity index (χ4n) is 2.33. The summed E-state index contributed by atoms with van der Waals surface area (Å²) in [5.41, 5.74) is 3.87. The number of rotatable bonds is 2. The topological polar surface area (TPSA) is 49.3 Å². The summed E-state index contributed by atoms with van der Waals surface area (Å²) in [6.07, 6.45) is 1.67. The Kier molecular flexibility index (Phi) is 3.48. The van der Waals surface area contributed by atoms with Crippen molar-refractivity contribution >= 4 is 5.97 Å². The lowest BCUT2D eigenvalue weighted by molar-refractivity contribution is -0.142. The van der Waals surface area contributed by atoms with Crippen molar-refractivity contribution in [3.63, 3.8) is 0 Å². The van der Waals surface area contributed by atoms with Crippen LogP contribution in [0.5, 0.6) is 0 Å². The molecule has 92 valence electrons. The van der Waals surface area contributed by atoms with Gasteiger partial charge in [0.15, 0.2) is 0 Å². The average molecular weight is 233 g/mol. The van der Waals surface area contributed by atoms with Crippen molar-refractivity contribution in [2.45, 2.75) is 32.7 Å². The number of carbonyl (C=O) groups is 1. The fourth-order valence-corrected chi connectivity index (χ4v) is 2.33. The van der Waals surface area contributed by atoms with Crippen molar-refractivity contribution in [2.24, 2.45) is 5.92 Å². The number of hydrogen-bond donors (Lipinski definition) is 2. The Bertz CT molecular complexity index is 420. The summed E-state index contributed by atoms with van der Waals surface area (Å²) in [4.78, 5) is 10.9. The summed E-state index contributed by atoms with van der Waals surface area (Å²) in [5.74, 6) is -0.908. The molecule has 0 radical (unpaired) electrons. The highest BCUT2D eigenvalue weighted by Gasteiger charge is 2.26. The molecule has 0 aromatic heterocycles. The second-order valence-corrected chi connectivity index (χ2v) is 4.92. The van der Waals surface area contributed by atoms with Gasteiger partial charge in [0.05, 0.1) is 5.92 Å². The van der Waals surface area contributed by atoms with E-state index < -0.39 is 5.97 Å². The van der Waals surface area contributed by atoms with E-state index in [2.05, 4.69) is 37.4 Å². The van der Waals surface area contributed by atoms with E-state index in [0.717, 1.165) is 12.8 Å². The molecule has 0 saturated carbocycles. The molecule has 0 aliphatic carbocycles. The van der Waals surface area contributed by atoms with Crippen LogP contribution < -0.4 is 5.32 Å². The van der Waals surface area contributed by atoms with Crippen molar-refractivity contribution in [3.05, 3.63) is 34.9 Å². The number of piperidine rings is 1. The Labute approximate surface area is 102 Å². The van der Waals surface area contributed by atoms with Gasteiger partial charge >= 0.3 is 5.97 Å². The van der Waals surface area contributed by atoms with E-state index in [-0.39, 0.29) is 5.92 Å². The van der Waals surface area contributed by atoms with Crippen molar-refractivity contribution in [3.8, 4) is 0 Å². The molecule has 1 fully saturated rings. The van der Waals surface area contributed by atoms with Crippen LogP contribution in [0.2, 0.25) is 0 Å². The van der Waals surface area contributed by atoms with E-state index in [9.17, 15) is 4.79 Å². The Balaban J connectivity index is 2.05. The van der Waals surface area contributed by atoms with Gasteiger partial charge in [0.2, 0.25) is 0 Å². The number of carboxylic acid groups (broad SMARTS) is 1. The SMILES string of the molecule is Cc1ccc(C2CCC(C(=O)O)CN2)cc1C. The maximum atomic E-state index is 10.9. The Morgan fingerprint density at radius 2 is 2.06 bits per heavy atom. The van der Waals surface area contributed by atoms with Crippen LogP contribution in [0.3, 0.4) is 0 Å². The molecular weight excluding hydrogens is 214 g/mol. The number of carboxylic acids is 1. The summed E-state index contributed by atoms with van der Waals surface area (Å²) < 4.78 is 0. The largest absolute Gasteiger partial charge is 0.481 e. The van der Waals surface area contributed by atoms with Gasteiger partial charge in [-0.3, -0.25) is 4.79 Å². The molecule has 0 spiro atoms. The van der Waals surface area contributed by atoms with Gasteiger partial charge in [-0.05, 0) is 43.4 Å². The predicted octanol–water partition coefficient (Wildman–Crippen LogP) is 2.43. The molecule has 1 aromatic rings. The van der Waals surface area contributed by atoms with E-state index in [0.29, 0.717) is 12.6 Å². The molecule has 2 rings (SSSR count). The molecule has 3 nitrogen and oxygen atoms in total. The third-order valence-corrected chi connectivity index (χ3v) is 3.70. The lowest BCUT2D eigenvalue weighted by Gasteiger charge is -2.28. The van der Waals surface area contributed by atoms with Gasteiger partial charge in [-0.1, -0.05) is 18.2 Å². The zero-order valence-corrected chi connectivity index (χ0v) is 10.4. The fraction of sp³-hybridized carbons (Fsp3) is 0.500. The number of benzene rings is 1. The van der Waals surface area contributed by atoms with Gasteiger partial charge in [-0.15, -0.1) is 0 Å². The Morgan fingerprint density at radius 3 is 2.59 bits per heavy atom. The lowest BCUT2D eigenvalue weighted by Crippen LogP contribution is -2.36. The molecule has 2 N–H and O–H groups in total. The molecule has 3 heteroatoms. The van der Waals surface area contributed by atoms with E-state index >= 15 is 0 Å². The standard InChI is InChI=1S/C14H19NO2/c1-9-3-4-11(7-10(9)2)13-6-5-12(8-15-13)14(16)17/h3-4,7,12-13,15H,5-6,8H2,1-2H3,(H,16,17). The molecule has 17 heavy (non-hydrogen) atoms. The monoisotopic (exact) mass is 233 g/mol. The summed E-state index contributed by atoms with van der Waals surface area (Å²) in [7, 11) is 0. The quantitative estimate of drug-likeness (QED) is 0.824. The lowest BCUT2D eigenvalue weighted by atomic mass is 9.90. The van der Waals surface area contributed by atoms with Gasteiger partial charge < -0.3 is 10.4 Å². The highest BCUT2D eigenvalue weighted by atomic mass is 16.4. The predicted molar refractivity (Wildman–Crippen MR) is 67.0 cm³/mol. The molecule has 1 aliphatic heterocycles. The van der Waals surface area contributed by atoms with Crippen LogP contribution in [0.15, 0.2) is 18.2 Å². The zero-order valence-electron chi connectivity index (χ0n) is 10.4. The van der Waals surface area contributed by atoms with Crippen LogP contribution in [-0.2, 0) is 4.79 Å². The summed E-state index contributed by atoms with van der Waals surface area (Å²) in [5, 5.41) is 12.3. The summed E-state index contributed by atoms with van der Waals surface area (Å²) in [6, 6.07) is 6.79. The first kappa shape index (κ1) is 12.1. The van der Waals surface area contributed by atoms with Gasteiger partial charge in [-0.2, -0.15) is 0 Å². The van der Waals surface area contributed by atoms with Crippen LogP contribution >= 0.6 is 0 Å². The van der Waals surface area contributed by atoms with Crippen molar-refractivity contribution in [2.75, 3.05) is 6.54 Å². The summed E-state index contributed by atoms with van der Waals surface area (Å²) >= 11 is 0. The average Bonchev–Trinajstić information content (AvgIpc) is 2.33. The van der Waals surface area contributed by atoms with Crippen molar-refractivity contribution < 1.29 is 9.90 Å². The number of aliphatic carboxylic acids is 1. The Morgan fingerprint density at radius 1 is 1.29 bits per heavy atom. The van der Waals surface area contributed by atoms with Crippen molar-refractivity contribution in [1.82, 2.24) is 5.32 Å². The molecular formula is C14H19NO2. The van der Waals surface area contributed by atoms with Crippen molar-refractivity contribution in [1.29, 1.82) is 0 Å². The smallest absolute Gasteiger partial charge is 0.307 e. The highest BCUT2D eigenvalue weighted by molar-refractivity contribution is 5.70. The molecule has 1 heterocycles. The highest BCUT2D eigenvalue weighted by Crippen LogP contribution is 2.27. The minimum Gasteiger partial charge on any atom is -0.481 e. The third kappa shape index (κ3) is 2.67. The maximum Gasteiger partial charge on any atom is 0.307 e. The van der Waals surface area contributed by atoms with Gasteiger partial charge in [0.1, 0.15) is 0 Å².